The molecule has 0 aliphatic carbocycles. The van der Waals surface area contributed by atoms with E-state index in [0.717, 1.165) is 6.54 Å². The van der Waals surface area contributed by atoms with Crippen LogP contribution in [0.1, 0.15) is 31.2 Å². The van der Waals surface area contributed by atoms with Crippen molar-refractivity contribution in [3.05, 3.63) is 29.8 Å². The lowest BCUT2D eigenvalue weighted by atomic mass is 9.99. The van der Waals surface area contributed by atoms with Gasteiger partial charge in [-0.15, -0.1) is 11.8 Å². The van der Waals surface area contributed by atoms with Gasteiger partial charge in [-0.1, -0.05) is 25.5 Å². The molecular weight excluding hydrogens is 228 g/mol. The minimum Gasteiger partial charge on any atom is -0.330 e. The Labute approximate surface area is 109 Å². The average molecular weight is 252 g/mol. The fourth-order valence-corrected chi connectivity index (χ4v) is 2.84. The molecule has 3 N–H and O–H groups in total. The van der Waals surface area contributed by atoms with Crippen LogP contribution in [0.25, 0.3) is 0 Å². The van der Waals surface area contributed by atoms with Gasteiger partial charge in [-0.2, -0.15) is 0 Å². The second-order valence-electron chi connectivity index (χ2n) is 4.26. The number of benzene rings is 1. The molecule has 0 aromatic heterocycles. The van der Waals surface area contributed by atoms with Gasteiger partial charge in [0.2, 0.25) is 0 Å². The van der Waals surface area contributed by atoms with Crippen molar-refractivity contribution < 1.29 is 0 Å². The number of rotatable bonds is 8. The van der Waals surface area contributed by atoms with E-state index in [1.54, 1.807) is 0 Å². The topological polar surface area (TPSA) is 38.0 Å². The first kappa shape index (κ1) is 14.6. The van der Waals surface area contributed by atoms with E-state index in [0.29, 0.717) is 12.5 Å². The third kappa shape index (κ3) is 5.11. The normalized spacial score (nSPS) is 12.6. The minimum atomic E-state index is 0.423. The van der Waals surface area contributed by atoms with Crippen molar-refractivity contribution in [3.63, 3.8) is 0 Å². The summed E-state index contributed by atoms with van der Waals surface area (Å²) in [6, 6.07) is 8.80. The Kier molecular flexibility index (Phi) is 7.33. The van der Waals surface area contributed by atoms with Gasteiger partial charge in [-0.25, -0.2) is 0 Å². The van der Waals surface area contributed by atoms with Gasteiger partial charge in [0.1, 0.15) is 0 Å². The minimum absolute atomic E-state index is 0.423. The quantitative estimate of drug-likeness (QED) is 0.552. The van der Waals surface area contributed by atoms with E-state index in [4.69, 9.17) is 5.73 Å². The van der Waals surface area contributed by atoms with Crippen LogP contribution < -0.4 is 11.1 Å². The zero-order valence-corrected chi connectivity index (χ0v) is 11.7. The van der Waals surface area contributed by atoms with Crippen molar-refractivity contribution in [2.24, 2.45) is 5.73 Å². The van der Waals surface area contributed by atoms with Crippen molar-refractivity contribution >= 4 is 11.8 Å². The Morgan fingerprint density at radius 3 is 2.88 bits per heavy atom. The van der Waals surface area contributed by atoms with E-state index < -0.39 is 0 Å². The van der Waals surface area contributed by atoms with E-state index in [2.05, 4.69) is 36.5 Å². The fraction of sp³-hybridized carbons (Fsp3) is 0.571. The Balaban J connectivity index is 2.63. The molecule has 17 heavy (non-hydrogen) atoms. The molecule has 0 saturated carbocycles. The fourth-order valence-electron chi connectivity index (χ4n) is 1.78. The Hall–Kier alpha value is -0.510. The van der Waals surface area contributed by atoms with Gasteiger partial charge >= 0.3 is 0 Å². The summed E-state index contributed by atoms with van der Waals surface area (Å²) in [6.45, 7) is 3.87. The van der Waals surface area contributed by atoms with E-state index in [-0.39, 0.29) is 0 Å². The molecule has 1 rings (SSSR count). The third-order valence-corrected chi connectivity index (χ3v) is 3.91. The lowest BCUT2D eigenvalue weighted by Crippen LogP contribution is -2.23. The predicted molar refractivity (Wildman–Crippen MR) is 77.8 cm³/mol. The maximum atomic E-state index is 5.82. The molecule has 0 bridgehead atoms. The molecule has 0 spiro atoms. The molecule has 0 fully saturated rings. The number of hydrogen-bond acceptors (Lipinski definition) is 3. The first-order valence-electron chi connectivity index (χ1n) is 6.39. The molecule has 0 radical (unpaired) electrons. The summed E-state index contributed by atoms with van der Waals surface area (Å²) >= 11 is 1.94. The van der Waals surface area contributed by atoms with E-state index in [1.807, 2.05) is 18.8 Å². The molecule has 0 aliphatic heterocycles. The van der Waals surface area contributed by atoms with Gasteiger partial charge in [0.05, 0.1) is 0 Å². The van der Waals surface area contributed by atoms with Gasteiger partial charge < -0.3 is 11.1 Å². The highest BCUT2D eigenvalue weighted by atomic mass is 32.2. The zero-order valence-electron chi connectivity index (χ0n) is 10.9. The summed E-state index contributed by atoms with van der Waals surface area (Å²) in [6.07, 6.45) is 2.55. The average Bonchev–Trinajstić information content (AvgIpc) is 2.36. The summed E-state index contributed by atoms with van der Waals surface area (Å²) in [7, 11) is 1.97. The molecule has 96 valence electrons. The number of unbranched alkanes of at least 4 members (excludes halogenated alkanes) is 1. The highest BCUT2D eigenvalue weighted by molar-refractivity contribution is 7.99. The molecule has 3 heteroatoms. The molecular formula is C14H24N2S. The van der Waals surface area contributed by atoms with Crippen molar-refractivity contribution in [2.75, 3.05) is 25.9 Å². The number of likely N-dealkylation sites (N-methyl/N-ethyl adjacent to an activating group) is 1. The Bertz CT molecular complexity index is 315. The second-order valence-corrected chi connectivity index (χ2v) is 5.43. The van der Waals surface area contributed by atoms with Crippen LogP contribution in [0.3, 0.4) is 0 Å². The van der Waals surface area contributed by atoms with E-state index in [9.17, 15) is 0 Å². The highest BCUT2D eigenvalue weighted by Gasteiger charge is 2.08. The lowest BCUT2D eigenvalue weighted by molar-refractivity contribution is 0.636. The van der Waals surface area contributed by atoms with Crippen LogP contribution in [0.15, 0.2) is 29.2 Å². The van der Waals surface area contributed by atoms with Gasteiger partial charge in [0, 0.05) is 23.9 Å². The molecule has 1 atom stereocenters. The first-order chi connectivity index (χ1) is 8.31. The number of thioether (sulfide) groups is 1. The van der Waals surface area contributed by atoms with Crippen molar-refractivity contribution in [2.45, 2.75) is 30.6 Å². The van der Waals surface area contributed by atoms with Crippen LogP contribution >= 0.6 is 11.8 Å². The number of hydrogen-bond donors (Lipinski definition) is 2. The van der Waals surface area contributed by atoms with Gasteiger partial charge in [0.15, 0.2) is 0 Å². The van der Waals surface area contributed by atoms with E-state index >= 15 is 0 Å². The standard InChI is InChI=1S/C14H24N2S/c1-3-4-8-17-14-7-5-6-12(9-14)13(10-15)11-16-2/h5-7,9,13,16H,3-4,8,10-11,15H2,1-2H3. The summed E-state index contributed by atoms with van der Waals surface area (Å²) in [5.74, 6) is 1.63. The maximum Gasteiger partial charge on any atom is 0.00866 e. The monoisotopic (exact) mass is 252 g/mol. The smallest absolute Gasteiger partial charge is 0.00866 e. The molecule has 0 heterocycles. The zero-order chi connectivity index (χ0) is 12.5. The lowest BCUT2D eigenvalue weighted by Gasteiger charge is -2.15. The van der Waals surface area contributed by atoms with Crippen LogP contribution in [0.2, 0.25) is 0 Å². The number of nitrogens with one attached hydrogen (secondary N) is 1. The van der Waals surface area contributed by atoms with Gasteiger partial charge in [0.25, 0.3) is 0 Å². The molecule has 0 aliphatic rings. The van der Waals surface area contributed by atoms with Crippen LogP contribution in [0.4, 0.5) is 0 Å². The molecule has 2 nitrogen and oxygen atoms in total. The summed E-state index contributed by atoms with van der Waals surface area (Å²) in [5.41, 5.74) is 7.17. The summed E-state index contributed by atoms with van der Waals surface area (Å²) < 4.78 is 0. The van der Waals surface area contributed by atoms with E-state index in [1.165, 1.54) is 29.1 Å². The van der Waals surface area contributed by atoms with Crippen LogP contribution in [-0.2, 0) is 0 Å². The summed E-state index contributed by atoms with van der Waals surface area (Å²) in [5, 5.41) is 3.20. The highest BCUT2D eigenvalue weighted by Crippen LogP contribution is 2.23. The van der Waals surface area contributed by atoms with Crippen molar-refractivity contribution in [3.8, 4) is 0 Å². The van der Waals surface area contributed by atoms with Crippen LogP contribution in [-0.4, -0.2) is 25.9 Å². The van der Waals surface area contributed by atoms with Crippen molar-refractivity contribution in [1.29, 1.82) is 0 Å². The molecule has 1 aromatic rings. The molecule has 1 unspecified atom stereocenters. The predicted octanol–water partition coefficient (Wildman–Crippen LogP) is 2.84. The number of nitrogens with two attached hydrogens (primary N) is 1. The first-order valence-corrected chi connectivity index (χ1v) is 7.37. The Morgan fingerprint density at radius 1 is 1.41 bits per heavy atom. The SMILES string of the molecule is CCCCSc1cccc(C(CN)CNC)c1. The third-order valence-electron chi connectivity index (χ3n) is 2.83. The summed E-state index contributed by atoms with van der Waals surface area (Å²) in [4.78, 5) is 1.37. The van der Waals surface area contributed by atoms with Gasteiger partial charge in [-0.05, 0) is 36.9 Å². The van der Waals surface area contributed by atoms with Crippen LogP contribution in [0.5, 0.6) is 0 Å². The van der Waals surface area contributed by atoms with Crippen LogP contribution in [0, 0.1) is 0 Å². The van der Waals surface area contributed by atoms with Crippen molar-refractivity contribution in [1.82, 2.24) is 5.32 Å². The second kappa shape index (κ2) is 8.56. The largest absolute Gasteiger partial charge is 0.330 e. The Morgan fingerprint density at radius 2 is 2.24 bits per heavy atom. The molecule has 0 amide bonds. The van der Waals surface area contributed by atoms with Gasteiger partial charge in [-0.3, -0.25) is 0 Å². The maximum absolute atomic E-state index is 5.82. The molecule has 1 aromatic carbocycles. The molecule has 0 saturated heterocycles.